The molecule has 0 aliphatic rings. The van der Waals surface area contributed by atoms with Crippen LogP contribution in [0.2, 0.25) is 0 Å². The molecular formula is C7H7N2OS. The molecule has 0 bridgehead atoms. The van der Waals surface area contributed by atoms with E-state index in [9.17, 15) is 4.79 Å². The van der Waals surface area contributed by atoms with Crippen molar-refractivity contribution < 1.29 is 4.79 Å². The van der Waals surface area contributed by atoms with Crippen LogP contribution in [-0.4, -0.2) is 22.0 Å². The van der Waals surface area contributed by atoms with Crippen molar-refractivity contribution in [3.05, 3.63) is 18.0 Å². The molecule has 0 unspecified atom stereocenters. The third kappa shape index (κ3) is 2.67. The monoisotopic (exact) mass is 167 g/mol. The van der Waals surface area contributed by atoms with Gasteiger partial charge in [-0.2, -0.15) is 0 Å². The van der Waals surface area contributed by atoms with Crippen LogP contribution in [0.3, 0.4) is 0 Å². The molecule has 57 valence electrons. The minimum absolute atomic E-state index is 0.295. The highest BCUT2D eigenvalue weighted by molar-refractivity contribution is 7.99. The van der Waals surface area contributed by atoms with Gasteiger partial charge in [0, 0.05) is 11.9 Å². The van der Waals surface area contributed by atoms with E-state index in [1.165, 1.54) is 11.8 Å². The van der Waals surface area contributed by atoms with Gasteiger partial charge in [0.1, 0.15) is 0 Å². The molecule has 0 saturated heterocycles. The Bertz CT molecular complexity index is 252. The minimum Gasteiger partial charge on any atom is -0.290 e. The van der Waals surface area contributed by atoms with E-state index in [4.69, 9.17) is 0 Å². The Morgan fingerprint density at radius 1 is 1.73 bits per heavy atom. The van der Waals surface area contributed by atoms with Crippen molar-refractivity contribution >= 4 is 18.0 Å². The molecular weight excluding hydrogens is 160 g/mol. The SMILES string of the molecule is Cc1ccnc(SC[C]=O)n1. The summed E-state index contributed by atoms with van der Waals surface area (Å²) in [6, 6.07) is 1.81. The number of rotatable bonds is 3. The Morgan fingerprint density at radius 2 is 2.55 bits per heavy atom. The van der Waals surface area contributed by atoms with Crippen LogP contribution in [0, 0.1) is 6.92 Å². The van der Waals surface area contributed by atoms with Crippen LogP contribution >= 0.6 is 11.8 Å². The van der Waals surface area contributed by atoms with Crippen LogP contribution in [-0.2, 0) is 4.79 Å². The maximum atomic E-state index is 9.86. The van der Waals surface area contributed by atoms with Crippen LogP contribution in [0.1, 0.15) is 5.69 Å². The van der Waals surface area contributed by atoms with Crippen molar-refractivity contribution in [2.45, 2.75) is 12.1 Å². The van der Waals surface area contributed by atoms with Gasteiger partial charge in [0.2, 0.25) is 6.29 Å². The van der Waals surface area contributed by atoms with Gasteiger partial charge in [-0.1, -0.05) is 11.8 Å². The molecule has 11 heavy (non-hydrogen) atoms. The summed E-state index contributed by atoms with van der Waals surface area (Å²) in [4.78, 5) is 17.9. The van der Waals surface area contributed by atoms with Crippen LogP contribution in [0.25, 0.3) is 0 Å². The Balaban J connectivity index is 2.63. The topological polar surface area (TPSA) is 42.9 Å². The van der Waals surface area contributed by atoms with E-state index in [2.05, 4.69) is 9.97 Å². The van der Waals surface area contributed by atoms with Crippen LogP contribution in [0.5, 0.6) is 0 Å². The molecule has 0 atom stereocenters. The first-order chi connectivity index (χ1) is 5.33. The molecule has 3 nitrogen and oxygen atoms in total. The summed E-state index contributed by atoms with van der Waals surface area (Å²) in [5.74, 6) is 0.295. The molecule has 1 radical (unpaired) electrons. The minimum atomic E-state index is 0.295. The van der Waals surface area contributed by atoms with Crippen molar-refractivity contribution in [1.29, 1.82) is 0 Å². The van der Waals surface area contributed by atoms with Gasteiger partial charge >= 0.3 is 0 Å². The van der Waals surface area contributed by atoms with Crippen molar-refractivity contribution in [3.63, 3.8) is 0 Å². The predicted octanol–water partition coefficient (Wildman–Crippen LogP) is 0.987. The second-order valence-electron chi connectivity index (χ2n) is 1.91. The van der Waals surface area contributed by atoms with Gasteiger partial charge < -0.3 is 0 Å². The maximum Gasteiger partial charge on any atom is 0.209 e. The third-order valence-corrected chi connectivity index (χ3v) is 1.75. The summed E-state index contributed by atoms with van der Waals surface area (Å²) < 4.78 is 0. The molecule has 1 rings (SSSR count). The first-order valence-corrected chi connectivity index (χ1v) is 4.09. The van der Waals surface area contributed by atoms with E-state index in [0.29, 0.717) is 10.9 Å². The summed E-state index contributed by atoms with van der Waals surface area (Å²) in [5, 5.41) is 0.633. The lowest BCUT2D eigenvalue weighted by atomic mass is 10.5. The lowest BCUT2D eigenvalue weighted by molar-refractivity contribution is 0.560. The summed E-state index contributed by atoms with van der Waals surface area (Å²) in [5.41, 5.74) is 0.911. The molecule has 1 aromatic rings. The normalized spacial score (nSPS) is 9.55. The molecule has 0 amide bonds. The Labute approximate surface area is 69.3 Å². The van der Waals surface area contributed by atoms with E-state index < -0.39 is 0 Å². The average Bonchev–Trinajstić information content (AvgIpc) is 2.01. The fourth-order valence-electron chi connectivity index (χ4n) is 0.589. The van der Waals surface area contributed by atoms with Crippen LogP contribution in [0.15, 0.2) is 17.4 Å². The van der Waals surface area contributed by atoms with E-state index in [1.54, 1.807) is 12.5 Å². The number of aryl methyl sites for hydroxylation is 1. The fraction of sp³-hybridized carbons (Fsp3) is 0.286. The summed E-state index contributed by atoms with van der Waals surface area (Å²) >= 11 is 1.29. The van der Waals surface area contributed by atoms with Crippen LogP contribution in [0.4, 0.5) is 0 Å². The molecule has 0 saturated carbocycles. The second-order valence-corrected chi connectivity index (χ2v) is 2.86. The van der Waals surface area contributed by atoms with Crippen molar-refractivity contribution in [1.82, 2.24) is 9.97 Å². The number of carbonyl (C=O) groups excluding carboxylic acids is 1. The molecule has 0 aromatic carbocycles. The molecule has 1 heterocycles. The highest BCUT2D eigenvalue weighted by Crippen LogP contribution is 2.09. The van der Waals surface area contributed by atoms with Crippen molar-refractivity contribution in [3.8, 4) is 0 Å². The van der Waals surface area contributed by atoms with E-state index in [-0.39, 0.29) is 0 Å². The summed E-state index contributed by atoms with van der Waals surface area (Å²) in [7, 11) is 0. The van der Waals surface area contributed by atoms with Gasteiger partial charge in [0.25, 0.3) is 0 Å². The van der Waals surface area contributed by atoms with Gasteiger partial charge in [-0.25, -0.2) is 9.97 Å². The number of hydrogen-bond acceptors (Lipinski definition) is 4. The predicted molar refractivity (Wildman–Crippen MR) is 43.2 cm³/mol. The first-order valence-electron chi connectivity index (χ1n) is 3.10. The number of hydrogen-bond donors (Lipinski definition) is 0. The highest BCUT2D eigenvalue weighted by atomic mass is 32.2. The van der Waals surface area contributed by atoms with Gasteiger partial charge in [-0.15, -0.1) is 0 Å². The Kier molecular flexibility index (Phi) is 3.04. The van der Waals surface area contributed by atoms with E-state index in [1.807, 2.05) is 13.0 Å². The zero-order valence-corrected chi connectivity index (χ0v) is 6.89. The molecule has 0 aliphatic heterocycles. The lowest BCUT2D eigenvalue weighted by Gasteiger charge is -1.94. The standard InChI is InChI=1S/C7H7N2OS/c1-6-2-3-8-7(9-6)11-5-4-10/h2-3H,5H2,1H3. The first kappa shape index (κ1) is 8.20. The van der Waals surface area contributed by atoms with E-state index >= 15 is 0 Å². The quantitative estimate of drug-likeness (QED) is 0.497. The van der Waals surface area contributed by atoms with Gasteiger partial charge in [0.05, 0.1) is 5.75 Å². The van der Waals surface area contributed by atoms with Gasteiger partial charge in [-0.3, -0.25) is 4.79 Å². The van der Waals surface area contributed by atoms with Gasteiger partial charge in [-0.05, 0) is 13.0 Å². The largest absolute Gasteiger partial charge is 0.290 e. The summed E-state index contributed by atoms with van der Waals surface area (Å²) in [6.07, 6.45) is 3.44. The Morgan fingerprint density at radius 3 is 3.18 bits per heavy atom. The number of aromatic nitrogens is 2. The third-order valence-electron chi connectivity index (χ3n) is 1.03. The zero-order chi connectivity index (χ0) is 8.10. The van der Waals surface area contributed by atoms with E-state index in [0.717, 1.165) is 5.69 Å². The van der Waals surface area contributed by atoms with Gasteiger partial charge in [0.15, 0.2) is 5.16 Å². The Hall–Kier alpha value is -0.900. The molecule has 0 aliphatic carbocycles. The molecule has 0 fully saturated rings. The summed E-state index contributed by atoms with van der Waals surface area (Å²) in [6.45, 7) is 1.89. The molecule has 4 heteroatoms. The van der Waals surface area contributed by atoms with Crippen molar-refractivity contribution in [2.75, 3.05) is 5.75 Å². The maximum absolute atomic E-state index is 9.86. The molecule has 1 aromatic heterocycles. The van der Waals surface area contributed by atoms with Crippen LogP contribution < -0.4 is 0 Å². The smallest absolute Gasteiger partial charge is 0.209 e. The fourth-order valence-corrected chi connectivity index (χ4v) is 1.12. The number of thioether (sulfide) groups is 1. The molecule has 0 spiro atoms. The highest BCUT2D eigenvalue weighted by Gasteiger charge is 1.95. The second kappa shape index (κ2) is 4.08. The zero-order valence-electron chi connectivity index (χ0n) is 6.07. The lowest BCUT2D eigenvalue weighted by Crippen LogP contribution is -1.89. The van der Waals surface area contributed by atoms with Crippen molar-refractivity contribution in [2.24, 2.45) is 0 Å². The molecule has 0 N–H and O–H groups in total. The average molecular weight is 167 g/mol. The number of nitrogens with zero attached hydrogens (tertiary/aromatic N) is 2.